The van der Waals surface area contributed by atoms with Crippen LogP contribution in [-0.2, 0) is 16.1 Å². The molecule has 0 unspecified atom stereocenters. The molecule has 2 fully saturated rings. The topological polar surface area (TPSA) is 137 Å². The van der Waals surface area contributed by atoms with Crippen molar-refractivity contribution in [3.63, 3.8) is 0 Å². The van der Waals surface area contributed by atoms with Gasteiger partial charge in [0.25, 0.3) is 0 Å². The van der Waals surface area contributed by atoms with Crippen molar-refractivity contribution >= 4 is 33.9 Å². The van der Waals surface area contributed by atoms with Gasteiger partial charge in [-0.15, -0.1) is 0 Å². The van der Waals surface area contributed by atoms with E-state index < -0.39 is 11.2 Å². The van der Waals surface area contributed by atoms with Gasteiger partial charge in [-0.1, -0.05) is 12.1 Å². The maximum atomic E-state index is 13.0. The molecule has 0 aliphatic carbocycles. The summed E-state index contributed by atoms with van der Waals surface area (Å²) in [5, 5.41) is 11.5. The van der Waals surface area contributed by atoms with Crippen LogP contribution in [-0.4, -0.2) is 75.9 Å². The number of imidazole rings is 2. The van der Waals surface area contributed by atoms with E-state index in [1.54, 1.807) is 6.33 Å². The van der Waals surface area contributed by atoms with Gasteiger partial charge in [-0.25, -0.2) is 19.9 Å². The second-order valence-electron chi connectivity index (χ2n) is 10.9. The van der Waals surface area contributed by atoms with E-state index >= 15 is 0 Å². The highest BCUT2D eigenvalue weighted by atomic mass is 16.5. The number of aryl methyl sites for hydroxylation is 2. The lowest BCUT2D eigenvalue weighted by Crippen LogP contribution is -2.57. The molecule has 1 amide bonds. The third-order valence-corrected chi connectivity index (χ3v) is 8.31. The lowest BCUT2D eigenvalue weighted by molar-refractivity contribution is -0.197. The second kappa shape index (κ2) is 9.32. The minimum Gasteiger partial charge on any atom is -0.388 e. The highest BCUT2D eigenvalue weighted by Crippen LogP contribution is 2.44. The van der Waals surface area contributed by atoms with Gasteiger partial charge in [0.05, 0.1) is 41.2 Å². The molecule has 3 aromatic heterocycles. The van der Waals surface area contributed by atoms with Gasteiger partial charge in [-0.2, -0.15) is 0 Å². The Hall–Kier alpha value is -3.57. The number of aromatic nitrogens is 6. The molecule has 2 saturated heterocycles. The van der Waals surface area contributed by atoms with Crippen LogP contribution in [0.25, 0.3) is 22.2 Å². The van der Waals surface area contributed by atoms with Gasteiger partial charge in [0.15, 0.2) is 11.5 Å². The van der Waals surface area contributed by atoms with Crippen molar-refractivity contribution in [2.24, 2.45) is 0 Å². The zero-order valence-corrected chi connectivity index (χ0v) is 21.9. The van der Waals surface area contributed by atoms with Crippen LogP contribution in [0, 0.1) is 6.92 Å². The number of carbonyl (C=O) groups excluding carboxylic acids is 1. The summed E-state index contributed by atoms with van der Waals surface area (Å²) < 4.78 is 10.5. The minimum absolute atomic E-state index is 0.171. The lowest BCUT2D eigenvalue weighted by Gasteiger charge is -2.51. The Labute approximate surface area is 220 Å². The van der Waals surface area contributed by atoms with E-state index in [0.717, 1.165) is 29.8 Å². The SMILES string of the molecule is Cc1nc2ccccc2n1CCCC(=O)N1CCC2(CC1)C[C@@](C)(O)[C@H](n1cnc3c(N)ncnc31)CO2. The van der Waals surface area contributed by atoms with Crippen LogP contribution in [0.4, 0.5) is 5.82 Å². The van der Waals surface area contributed by atoms with Crippen LogP contribution in [0.15, 0.2) is 36.9 Å². The van der Waals surface area contributed by atoms with Crippen LogP contribution >= 0.6 is 0 Å². The van der Waals surface area contributed by atoms with E-state index in [-0.39, 0.29) is 11.9 Å². The van der Waals surface area contributed by atoms with Crippen molar-refractivity contribution in [3.05, 3.63) is 42.7 Å². The van der Waals surface area contributed by atoms with E-state index in [1.165, 1.54) is 6.33 Å². The number of likely N-dealkylation sites (tertiary alicyclic amines) is 1. The number of piperidine rings is 1. The van der Waals surface area contributed by atoms with E-state index in [9.17, 15) is 9.90 Å². The summed E-state index contributed by atoms with van der Waals surface area (Å²) in [4.78, 5) is 32.3. The molecule has 6 rings (SSSR count). The predicted octanol–water partition coefficient (Wildman–Crippen LogP) is 2.62. The highest BCUT2D eigenvalue weighted by Gasteiger charge is 2.50. The Morgan fingerprint density at radius 2 is 2.00 bits per heavy atom. The zero-order chi connectivity index (χ0) is 26.5. The second-order valence-corrected chi connectivity index (χ2v) is 10.9. The molecule has 2 atom stereocenters. The molecule has 5 heterocycles. The van der Waals surface area contributed by atoms with Crippen molar-refractivity contribution in [2.75, 3.05) is 25.4 Å². The number of aliphatic hydroxyl groups is 1. The number of ether oxygens (including phenoxy) is 1. The van der Waals surface area contributed by atoms with Crippen molar-refractivity contribution in [2.45, 2.75) is 69.7 Å². The van der Waals surface area contributed by atoms with Crippen LogP contribution in [0.2, 0.25) is 0 Å². The smallest absolute Gasteiger partial charge is 0.222 e. The van der Waals surface area contributed by atoms with Crippen LogP contribution in [0.5, 0.6) is 0 Å². The lowest BCUT2D eigenvalue weighted by atomic mass is 9.75. The molecule has 200 valence electrons. The summed E-state index contributed by atoms with van der Waals surface area (Å²) in [7, 11) is 0. The van der Waals surface area contributed by atoms with Crippen molar-refractivity contribution in [3.8, 4) is 0 Å². The Balaban J connectivity index is 1.05. The fourth-order valence-electron chi connectivity index (χ4n) is 6.24. The number of nitrogens with zero attached hydrogens (tertiary/aromatic N) is 7. The Morgan fingerprint density at radius 1 is 1.21 bits per heavy atom. The molecular formula is C27H34N8O3. The number of nitrogens with two attached hydrogens (primary N) is 1. The maximum Gasteiger partial charge on any atom is 0.222 e. The fraction of sp³-hybridized carbons (Fsp3) is 0.519. The van der Waals surface area contributed by atoms with Crippen LogP contribution in [0.1, 0.15) is 50.9 Å². The van der Waals surface area contributed by atoms with Crippen LogP contribution in [0.3, 0.4) is 0 Å². The van der Waals surface area contributed by atoms with E-state index in [2.05, 4.69) is 30.6 Å². The summed E-state index contributed by atoms with van der Waals surface area (Å²) in [6, 6.07) is 7.75. The fourth-order valence-corrected chi connectivity index (χ4v) is 6.24. The predicted molar refractivity (Wildman–Crippen MR) is 142 cm³/mol. The number of carbonyl (C=O) groups is 1. The first kappa shape index (κ1) is 24.7. The molecule has 0 bridgehead atoms. The molecule has 2 aliphatic rings. The number of anilines is 1. The summed E-state index contributed by atoms with van der Waals surface area (Å²) in [5.74, 6) is 1.45. The monoisotopic (exact) mass is 518 g/mol. The van der Waals surface area contributed by atoms with Gasteiger partial charge in [0, 0.05) is 32.5 Å². The van der Waals surface area contributed by atoms with Gasteiger partial charge in [-0.3, -0.25) is 4.79 Å². The van der Waals surface area contributed by atoms with Gasteiger partial charge < -0.3 is 29.6 Å². The van der Waals surface area contributed by atoms with E-state index in [1.807, 2.05) is 41.5 Å². The molecule has 1 spiro atoms. The summed E-state index contributed by atoms with van der Waals surface area (Å²) in [5.41, 5.74) is 7.65. The number of hydrogen-bond donors (Lipinski definition) is 2. The Bertz CT molecular complexity index is 1480. The summed E-state index contributed by atoms with van der Waals surface area (Å²) in [6.07, 6.45) is 6.19. The Morgan fingerprint density at radius 3 is 2.79 bits per heavy atom. The highest BCUT2D eigenvalue weighted by molar-refractivity contribution is 5.81. The van der Waals surface area contributed by atoms with Gasteiger partial charge in [-0.05, 0) is 45.2 Å². The average Bonchev–Trinajstić information content (AvgIpc) is 3.45. The number of fused-ring (bicyclic) bond motifs is 2. The number of nitrogen functional groups attached to an aromatic ring is 1. The first-order chi connectivity index (χ1) is 18.3. The quantitative estimate of drug-likeness (QED) is 0.411. The third-order valence-electron chi connectivity index (χ3n) is 8.31. The molecule has 2 aliphatic heterocycles. The normalized spacial score (nSPS) is 23.4. The third kappa shape index (κ3) is 4.29. The standard InChI is InChI=1S/C27H34N8O3/c1-18-32-19-6-3-4-7-20(19)34(18)11-5-8-22(36)33-12-9-27(10-13-33)15-26(2,37)21(14-38-27)35-17-31-23-24(28)29-16-30-25(23)35/h3-4,6-7,16-17,21,37H,5,8-15H2,1-2H3,(H2,28,29,30)/t21-,26-/m1/s1. The number of para-hydroxylation sites is 2. The molecule has 38 heavy (non-hydrogen) atoms. The first-order valence-electron chi connectivity index (χ1n) is 13.3. The summed E-state index contributed by atoms with van der Waals surface area (Å²) in [6.45, 7) is 6.21. The zero-order valence-electron chi connectivity index (χ0n) is 21.9. The van der Waals surface area contributed by atoms with Crippen molar-refractivity contribution < 1.29 is 14.6 Å². The molecule has 4 aromatic rings. The minimum atomic E-state index is -1.04. The molecule has 3 N–H and O–H groups in total. The van der Waals surface area contributed by atoms with Gasteiger partial charge in [0.2, 0.25) is 5.91 Å². The van der Waals surface area contributed by atoms with E-state index in [4.69, 9.17) is 10.5 Å². The molecule has 1 aromatic carbocycles. The van der Waals surface area contributed by atoms with Crippen LogP contribution < -0.4 is 5.73 Å². The van der Waals surface area contributed by atoms with Crippen molar-refractivity contribution in [1.29, 1.82) is 0 Å². The molecule has 11 heteroatoms. The molecule has 0 saturated carbocycles. The van der Waals surface area contributed by atoms with Crippen molar-refractivity contribution in [1.82, 2.24) is 34.0 Å². The Kier molecular flexibility index (Phi) is 6.07. The number of hydrogen-bond acceptors (Lipinski definition) is 8. The molecule has 11 nitrogen and oxygen atoms in total. The maximum absolute atomic E-state index is 13.0. The summed E-state index contributed by atoms with van der Waals surface area (Å²) >= 11 is 0. The molecule has 0 radical (unpaired) electrons. The van der Waals surface area contributed by atoms with Gasteiger partial charge in [0.1, 0.15) is 17.7 Å². The first-order valence-corrected chi connectivity index (χ1v) is 13.3. The average molecular weight is 519 g/mol. The number of benzene rings is 1. The largest absolute Gasteiger partial charge is 0.388 e. The molecular weight excluding hydrogens is 484 g/mol. The number of rotatable bonds is 5. The van der Waals surface area contributed by atoms with Gasteiger partial charge >= 0.3 is 0 Å². The van der Waals surface area contributed by atoms with E-state index in [0.29, 0.717) is 62.4 Å². The number of amides is 1.